The molecule has 0 bridgehead atoms. The van der Waals surface area contributed by atoms with E-state index in [1.54, 1.807) is 18.2 Å². The van der Waals surface area contributed by atoms with Crippen molar-refractivity contribution >= 4 is 35.0 Å². The lowest BCUT2D eigenvalue weighted by Crippen LogP contribution is -2.11. The second-order valence-electron chi connectivity index (χ2n) is 5.46. The van der Waals surface area contributed by atoms with Crippen LogP contribution in [0.1, 0.15) is 5.89 Å². The van der Waals surface area contributed by atoms with Crippen LogP contribution in [0.15, 0.2) is 58.1 Å². The summed E-state index contributed by atoms with van der Waals surface area (Å²) in [4.78, 5) is 0. The summed E-state index contributed by atoms with van der Waals surface area (Å²) in [6.45, 7) is 0. The van der Waals surface area contributed by atoms with Crippen LogP contribution in [0.5, 0.6) is 0 Å². The molecule has 0 unspecified atom stereocenters. The highest BCUT2D eigenvalue weighted by Crippen LogP contribution is 2.31. The smallest absolute Gasteiger partial charge is 0.247 e. The molecule has 2 aromatic heterocycles. The molecule has 0 aliphatic heterocycles. The van der Waals surface area contributed by atoms with Crippen molar-refractivity contribution < 1.29 is 4.42 Å². The monoisotopic (exact) mass is 418 g/mol. The Balaban J connectivity index is 1.51. The minimum atomic E-state index is 0.401. The maximum absolute atomic E-state index is 6.21. The molecule has 0 amide bonds. The van der Waals surface area contributed by atoms with Crippen molar-refractivity contribution in [3.8, 4) is 22.8 Å². The van der Waals surface area contributed by atoms with Crippen molar-refractivity contribution in [1.29, 1.82) is 0 Å². The molecule has 2 aromatic carbocycles. The Morgan fingerprint density at radius 2 is 1.81 bits per heavy atom. The Labute approximate surface area is 168 Å². The van der Waals surface area contributed by atoms with Gasteiger partial charge in [0, 0.05) is 16.1 Å². The molecule has 27 heavy (non-hydrogen) atoms. The van der Waals surface area contributed by atoms with E-state index in [0.717, 1.165) is 5.56 Å². The third-order valence-electron chi connectivity index (χ3n) is 3.65. The summed E-state index contributed by atoms with van der Waals surface area (Å²) < 4.78 is 7.04. The van der Waals surface area contributed by atoms with E-state index in [2.05, 4.69) is 20.4 Å². The molecule has 2 heterocycles. The SMILES string of the molecule is Nn1c(SCc2nnc(-c3ccccc3)o2)nnc1-c1cc(Cl)ccc1Cl. The molecule has 10 heteroatoms. The van der Waals surface area contributed by atoms with Crippen molar-refractivity contribution in [3.05, 3.63) is 64.5 Å². The normalized spacial score (nSPS) is 11.0. The molecule has 0 atom stereocenters. The minimum absolute atomic E-state index is 0.401. The zero-order valence-corrected chi connectivity index (χ0v) is 16.0. The summed E-state index contributed by atoms with van der Waals surface area (Å²) in [5, 5.41) is 17.8. The third-order valence-corrected chi connectivity index (χ3v) is 5.14. The summed E-state index contributed by atoms with van der Waals surface area (Å²) in [5.74, 6) is 7.86. The zero-order valence-electron chi connectivity index (χ0n) is 13.7. The summed E-state index contributed by atoms with van der Waals surface area (Å²) in [5.41, 5.74) is 1.47. The van der Waals surface area contributed by atoms with Crippen molar-refractivity contribution in [2.24, 2.45) is 0 Å². The number of nitrogen functional groups attached to an aromatic ring is 1. The van der Waals surface area contributed by atoms with E-state index in [0.29, 0.717) is 44.1 Å². The minimum Gasteiger partial charge on any atom is -0.420 e. The average molecular weight is 419 g/mol. The van der Waals surface area contributed by atoms with Crippen molar-refractivity contribution in [1.82, 2.24) is 25.1 Å². The predicted octanol–water partition coefficient (Wildman–Crippen LogP) is 4.31. The fourth-order valence-corrected chi connectivity index (χ4v) is 3.43. The number of nitrogens with zero attached hydrogens (tertiary/aromatic N) is 5. The summed E-state index contributed by atoms with van der Waals surface area (Å²) in [6.07, 6.45) is 0. The number of halogens is 2. The van der Waals surface area contributed by atoms with Gasteiger partial charge in [0.2, 0.25) is 16.9 Å². The zero-order chi connectivity index (χ0) is 18.8. The van der Waals surface area contributed by atoms with Gasteiger partial charge in [-0.15, -0.1) is 20.4 Å². The molecular formula is C17H12Cl2N6OS. The van der Waals surface area contributed by atoms with Gasteiger partial charge in [-0.1, -0.05) is 53.2 Å². The molecule has 0 spiro atoms. The lowest BCUT2D eigenvalue weighted by Gasteiger charge is -2.05. The van der Waals surface area contributed by atoms with Gasteiger partial charge in [0.1, 0.15) is 0 Å². The molecule has 2 N–H and O–H groups in total. The molecular weight excluding hydrogens is 407 g/mol. The summed E-state index contributed by atoms with van der Waals surface area (Å²) >= 11 is 13.6. The van der Waals surface area contributed by atoms with Crippen LogP contribution in [0, 0.1) is 0 Å². The lowest BCUT2D eigenvalue weighted by molar-refractivity contribution is 0.528. The van der Waals surface area contributed by atoms with Crippen LogP contribution < -0.4 is 5.84 Å². The fourth-order valence-electron chi connectivity index (χ4n) is 2.36. The van der Waals surface area contributed by atoms with Crippen LogP contribution >= 0.6 is 35.0 Å². The topological polar surface area (TPSA) is 95.7 Å². The highest BCUT2D eigenvalue weighted by molar-refractivity contribution is 7.98. The first kappa shape index (κ1) is 17.8. The van der Waals surface area contributed by atoms with Crippen LogP contribution in [-0.4, -0.2) is 25.1 Å². The van der Waals surface area contributed by atoms with Crippen LogP contribution in [0.2, 0.25) is 10.0 Å². The van der Waals surface area contributed by atoms with Gasteiger partial charge in [0.05, 0.1) is 10.8 Å². The Morgan fingerprint density at radius 1 is 1.00 bits per heavy atom. The van der Waals surface area contributed by atoms with Gasteiger partial charge >= 0.3 is 0 Å². The predicted molar refractivity (Wildman–Crippen MR) is 105 cm³/mol. The average Bonchev–Trinajstić information content (AvgIpc) is 3.30. The van der Waals surface area contributed by atoms with E-state index in [1.807, 2.05) is 30.3 Å². The van der Waals surface area contributed by atoms with Gasteiger partial charge in [-0.3, -0.25) is 0 Å². The second kappa shape index (κ2) is 7.59. The van der Waals surface area contributed by atoms with Crippen molar-refractivity contribution in [3.63, 3.8) is 0 Å². The van der Waals surface area contributed by atoms with Crippen molar-refractivity contribution in [2.75, 3.05) is 5.84 Å². The van der Waals surface area contributed by atoms with Gasteiger partial charge < -0.3 is 10.3 Å². The number of benzene rings is 2. The molecule has 0 saturated heterocycles. The molecule has 4 aromatic rings. The molecule has 4 rings (SSSR count). The number of nitrogens with two attached hydrogens (primary N) is 1. The second-order valence-corrected chi connectivity index (χ2v) is 7.24. The first-order valence-corrected chi connectivity index (χ1v) is 9.52. The number of rotatable bonds is 5. The molecule has 0 saturated carbocycles. The first-order valence-electron chi connectivity index (χ1n) is 7.78. The van der Waals surface area contributed by atoms with Gasteiger partial charge in [-0.05, 0) is 30.3 Å². The molecule has 0 aliphatic carbocycles. The fraction of sp³-hybridized carbons (Fsp3) is 0.0588. The van der Waals surface area contributed by atoms with Crippen LogP contribution in [0.3, 0.4) is 0 Å². The lowest BCUT2D eigenvalue weighted by atomic mass is 10.2. The summed E-state index contributed by atoms with van der Waals surface area (Å²) in [6, 6.07) is 14.6. The maximum Gasteiger partial charge on any atom is 0.247 e. The molecule has 136 valence electrons. The number of hydrogen-bond acceptors (Lipinski definition) is 7. The Kier molecular flexibility index (Phi) is 5.02. The van der Waals surface area contributed by atoms with E-state index >= 15 is 0 Å². The van der Waals surface area contributed by atoms with Gasteiger partial charge in [-0.25, -0.2) is 4.68 Å². The highest BCUT2D eigenvalue weighted by Gasteiger charge is 2.17. The van der Waals surface area contributed by atoms with E-state index in [1.165, 1.54) is 16.4 Å². The standard InChI is InChI=1S/C17H12Cl2N6OS/c18-11-6-7-13(19)12(8-11)15-22-24-17(25(15)20)27-9-14-21-23-16(26-14)10-4-2-1-3-5-10/h1-8H,9,20H2. The van der Waals surface area contributed by atoms with E-state index in [-0.39, 0.29) is 0 Å². The molecule has 0 radical (unpaired) electrons. The van der Waals surface area contributed by atoms with Crippen LogP contribution in [0.4, 0.5) is 0 Å². The first-order chi connectivity index (χ1) is 13.1. The van der Waals surface area contributed by atoms with E-state index in [9.17, 15) is 0 Å². The highest BCUT2D eigenvalue weighted by atomic mass is 35.5. The number of aromatic nitrogens is 5. The van der Waals surface area contributed by atoms with E-state index < -0.39 is 0 Å². The van der Waals surface area contributed by atoms with Crippen LogP contribution in [0.25, 0.3) is 22.8 Å². The number of hydrogen-bond donors (Lipinski definition) is 1. The quantitative estimate of drug-likeness (QED) is 0.380. The molecule has 0 fully saturated rings. The van der Waals surface area contributed by atoms with Gasteiger partial charge in [-0.2, -0.15) is 0 Å². The summed E-state index contributed by atoms with van der Waals surface area (Å²) in [7, 11) is 0. The van der Waals surface area contributed by atoms with Gasteiger partial charge in [0.15, 0.2) is 5.82 Å². The Hall–Kier alpha value is -2.55. The number of thioether (sulfide) groups is 1. The molecule has 0 aliphatic rings. The third kappa shape index (κ3) is 3.78. The van der Waals surface area contributed by atoms with Gasteiger partial charge in [0.25, 0.3) is 0 Å². The Bertz CT molecular complexity index is 1080. The van der Waals surface area contributed by atoms with E-state index in [4.69, 9.17) is 33.5 Å². The van der Waals surface area contributed by atoms with Crippen molar-refractivity contribution in [2.45, 2.75) is 10.9 Å². The maximum atomic E-state index is 6.21. The molecule has 7 nitrogen and oxygen atoms in total. The largest absolute Gasteiger partial charge is 0.420 e. The Morgan fingerprint density at radius 3 is 2.63 bits per heavy atom. The van der Waals surface area contributed by atoms with Crippen LogP contribution in [-0.2, 0) is 5.75 Å².